The number of hydrogen-bond donors (Lipinski definition) is 1. The average Bonchev–Trinajstić information content (AvgIpc) is 0.735. The fraction of sp³-hybridized carbons (Fsp3) is 0.575. The highest BCUT2D eigenvalue weighted by Gasteiger charge is 2.66. The van der Waals surface area contributed by atoms with Crippen molar-refractivity contribution < 1.29 is 157 Å². The lowest BCUT2D eigenvalue weighted by molar-refractivity contribution is -0.387. The Morgan fingerprint density at radius 3 is 1.60 bits per heavy atom. The van der Waals surface area contributed by atoms with Crippen LogP contribution in [0.1, 0.15) is 101 Å². The summed E-state index contributed by atoms with van der Waals surface area (Å²) >= 11 is 19.5. The number of amides is 3. The number of nitrogens with zero attached hydrogens (tertiary/aromatic N) is 1. The predicted molar refractivity (Wildman–Crippen MR) is 382 cm³/mol. The number of rotatable bonds is 32. The maximum absolute atomic E-state index is 15.5. The summed E-state index contributed by atoms with van der Waals surface area (Å²) in [6.45, 7) is 8.00. The van der Waals surface area contributed by atoms with Gasteiger partial charge in [-0.05, 0) is 30.2 Å². The normalized spacial score (nSPS) is 28.1. The van der Waals surface area contributed by atoms with Crippen LogP contribution in [0.25, 0.3) is 0 Å². The van der Waals surface area contributed by atoms with Gasteiger partial charge in [-0.1, -0.05) is 125 Å². The maximum Gasteiger partial charge on any atom is 0.407 e. The number of hydrogen-bond acceptors (Lipinski definition) is 34. The summed E-state index contributed by atoms with van der Waals surface area (Å²) in [5.74, 6) is -16.9. The summed E-state index contributed by atoms with van der Waals surface area (Å²) in [6, 6.07) is 22.0. The molecule has 3 amide bonds. The van der Waals surface area contributed by atoms with Crippen molar-refractivity contribution in [2.75, 3.05) is 33.5 Å². The molecule has 39 heteroatoms. The van der Waals surface area contributed by atoms with Crippen LogP contribution in [0, 0.1) is 0 Å². The van der Waals surface area contributed by atoms with Crippen LogP contribution in [0.4, 0.5) is 4.79 Å². The third-order valence-electron chi connectivity index (χ3n) is 16.9. The van der Waals surface area contributed by atoms with Gasteiger partial charge in [-0.15, -0.1) is 0 Å². The van der Waals surface area contributed by atoms with Crippen LogP contribution in [-0.4, -0.2) is 247 Å². The van der Waals surface area contributed by atoms with Crippen molar-refractivity contribution in [3.63, 3.8) is 0 Å². The van der Waals surface area contributed by atoms with Crippen molar-refractivity contribution in [1.82, 2.24) is 10.2 Å². The van der Waals surface area contributed by atoms with Crippen molar-refractivity contribution in [3.8, 4) is 0 Å². The van der Waals surface area contributed by atoms with Gasteiger partial charge in [0.1, 0.15) is 80.1 Å². The largest absolute Gasteiger partial charge is 0.465 e. The molecule has 3 aromatic rings. The summed E-state index contributed by atoms with van der Waals surface area (Å²) in [4.78, 5) is 179. The van der Waals surface area contributed by atoms with E-state index in [9.17, 15) is 57.5 Å². The number of carbonyl (C=O) groups excluding carboxylic acids is 13. The first-order valence-electron chi connectivity index (χ1n) is 34.9. The Morgan fingerprint density at radius 2 is 1.06 bits per heavy atom. The van der Waals surface area contributed by atoms with Gasteiger partial charge in [0.25, 0.3) is 5.79 Å². The summed E-state index contributed by atoms with van der Waals surface area (Å²) < 4.78 is 123. The van der Waals surface area contributed by atoms with Crippen molar-refractivity contribution in [2.24, 2.45) is 0 Å². The van der Waals surface area contributed by atoms with Crippen LogP contribution in [-0.2, 0) is 165 Å². The molecule has 7 rings (SSSR count). The number of imide groups is 1. The van der Waals surface area contributed by atoms with Gasteiger partial charge in [0, 0.05) is 81.1 Å². The molecule has 0 bridgehead atoms. The molecule has 4 heterocycles. The fourth-order valence-electron chi connectivity index (χ4n) is 12.8. The lowest BCUT2D eigenvalue weighted by Gasteiger charge is -2.53. The van der Waals surface area contributed by atoms with Gasteiger partial charge in [0.2, 0.25) is 15.6 Å². The highest BCUT2D eigenvalue weighted by atomic mass is 35.6. The van der Waals surface area contributed by atoms with E-state index in [-0.39, 0.29) is 13.2 Å². The number of nitrogens with one attached hydrogen (secondary N) is 1. The standard InChI is InChI=1S/C73H89Cl3N2O33S/c1-36-57(101-43(8)85)63(104-46(11)88)65(96-31-49-25-19-15-20-26-49)67(98-36)109-61-55(77-71(91)97-35-73(74,75)76)69(112-50-27-21-16-22-28-50)107-52(32-93-30-48-23-17-14-18-24-48)58(61)108-68-66(105-47(12)89)64(60(103-45(10)87)54(106-68)34-95-40(5)82)111-72(70(90)92-13)29-51(99-41(6)83)56(78(37(2)79)38(3)80)62(110-72)59(102-44(9)86)53(100-42(7)84)33-94-39(4)81/h14-28,36,51-69H,29-35H2,1-13H3,(H,77,91)/t36-,51-,52+,53+,54+,55+,56+,57+,58+,59+,60-,61+,62+,63+,64-,65-,66+,67-,68-,69-,72-/m0/s1. The average molecular weight is 1660 g/mol. The van der Waals surface area contributed by atoms with E-state index in [0.29, 0.717) is 20.9 Å². The van der Waals surface area contributed by atoms with E-state index < -0.39 is 242 Å². The smallest absolute Gasteiger partial charge is 0.407 e. The number of halogens is 3. The van der Waals surface area contributed by atoms with Gasteiger partial charge in [0.15, 0.2) is 49.2 Å². The molecule has 0 aromatic heterocycles. The molecule has 0 spiro atoms. The van der Waals surface area contributed by atoms with Crippen LogP contribution in [0.15, 0.2) is 95.9 Å². The van der Waals surface area contributed by atoms with E-state index in [1.165, 1.54) is 6.92 Å². The number of esters is 10. The van der Waals surface area contributed by atoms with Crippen molar-refractivity contribution in [1.29, 1.82) is 0 Å². The molecule has 4 aliphatic heterocycles. The lowest BCUT2D eigenvalue weighted by atomic mass is 9.86. The zero-order chi connectivity index (χ0) is 82.5. The molecule has 0 unspecified atom stereocenters. The molecule has 21 atom stereocenters. The molecule has 4 saturated heterocycles. The number of methoxy groups -OCH3 is 1. The molecular weight excluding hydrogens is 1570 g/mol. The first-order chi connectivity index (χ1) is 52.9. The van der Waals surface area contributed by atoms with E-state index in [0.717, 1.165) is 95.0 Å². The minimum atomic E-state index is -3.37. The van der Waals surface area contributed by atoms with Crippen LogP contribution in [0.2, 0.25) is 0 Å². The maximum atomic E-state index is 15.5. The second kappa shape index (κ2) is 42.1. The van der Waals surface area contributed by atoms with Gasteiger partial charge < -0.3 is 100 Å². The van der Waals surface area contributed by atoms with Gasteiger partial charge in [-0.25, -0.2) is 9.59 Å². The van der Waals surface area contributed by atoms with E-state index in [2.05, 4.69) is 5.32 Å². The first-order valence-corrected chi connectivity index (χ1v) is 36.9. The van der Waals surface area contributed by atoms with E-state index >= 15 is 4.79 Å². The number of alkyl carbamates (subject to hydrolysis) is 1. The summed E-state index contributed by atoms with van der Waals surface area (Å²) in [6.07, 6.45) is -35.9. The van der Waals surface area contributed by atoms with Crippen LogP contribution < -0.4 is 5.32 Å². The third kappa shape index (κ3) is 26.3. The second-order valence-corrected chi connectivity index (χ2v) is 29.5. The van der Waals surface area contributed by atoms with Crippen LogP contribution in [0.5, 0.6) is 0 Å². The highest BCUT2D eigenvalue weighted by molar-refractivity contribution is 7.99. The van der Waals surface area contributed by atoms with Gasteiger partial charge in [0.05, 0.1) is 45.5 Å². The topological polar surface area (TPSA) is 422 Å². The Balaban J connectivity index is 1.56. The molecule has 112 heavy (non-hydrogen) atoms. The summed E-state index contributed by atoms with van der Waals surface area (Å²) in [5, 5.41) is 2.75. The number of alkyl halides is 3. The number of benzene rings is 3. The first kappa shape index (κ1) is 90.8. The minimum absolute atomic E-state index is 0.146. The van der Waals surface area contributed by atoms with E-state index in [1.54, 1.807) is 91.0 Å². The SMILES string of the molecule is COC(=O)[C@@]1(O[C@H]2[C@@H](OC(C)=O)[C@@H](COC(C)=O)O[C@@H](O[C@H]3[C@H](O[C@@H]4O[C@@H](C)[C@@H](OC(C)=O)[C@@H](OC(C)=O)[C@@H]4OCc4ccccc4)[C@@H](NC(=O)OCC(Cl)(Cl)Cl)[C@H](Sc4ccccc4)O[C@@H]3COCc3ccccc3)[C@@H]2OC(C)=O)C[C@H](OC(C)=O)[C@@H](N(C(C)=O)C(C)=O)[C@H]([C@H](OC(C)=O)[C@@H](COC(C)=O)OC(C)=O)O1. The molecule has 0 saturated carbocycles. The number of thioether (sulfide) groups is 1. The monoisotopic (exact) mass is 1660 g/mol. The van der Waals surface area contributed by atoms with E-state index in [4.69, 9.17) is 130 Å². The van der Waals surface area contributed by atoms with Crippen LogP contribution in [0.3, 0.4) is 0 Å². The fourth-order valence-corrected chi connectivity index (χ4v) is 14.1. The number of carbonyl (C=O) groups is 13. The Bertz CT molecular complexity index is 3740. The summed E-state index contributed by atoms with van der Waals surface area (Å²) in [5.41, 5.74) is -0.242. The lowest BCUT2D eigenvalue weighted by Crippen LogP contribution is -2.73. The quantitative estimate of drug-likeness (QED) is 0.0460. The van der Waals surface area contributed by atoms with Gasteiger partial charge in [-0.3, -0.25) is 57.6 Å². The van der Waals surface area contributed by atoms with Gasteiger partial charge in [-0.2, -0.15) is 0 Å². The molecule has 4 aliphatic rings. The predicted octanol–water partition coefficient (Wildman–Crippen LogP) is 5.47. The molecule has 3 aromatic carbocycles. The Morgan fingerprint density at radius 1 is 0.545 bits per heavy atom. The highest BCUT2D eigenvalue weighted by Crippen LogP contribution is 2.45. The van der Waals surface area contributed by atoms with Crippen molar-refractivity contribution in [2.45, 2.75) is 239 Å². The molecule has 4 fully saturated rings. The number of ether oxygens (including phenoxy) is 20. The molecule has 0 aliphatic carbocycles. The Hall–Kier alpha value is -8.37. The molecule has 1 N–H and O–H groups in total. The van der Waals surface area contributed by atoms with Crippen molar-refractivity contribution >= 4 is 124 Å². The Kier molecular flexibility index (Phi) is 34.2. The Labute approximate surface area is 662 Å². The third-order valence-corrected chi connectivity index (χ3v) is 18.4. The van der Waals surface area contributed by atoms with Crippen molar-refractivity contribution in [3.05, 3.63) is 102 Å². The van der Waals surface area contributed by atoms with Crippen LogP contribution >= 0.6 is 46.6 Å². The van der Waals surface area contributed by atoms with E-state index in [1.807, 2.05) is 0 Å². The molecule has 0 radical (unpaired) electrons. The molecular formula is C73H89Cl3N2O33S. The summed E-state index contributed by atoms with van der Waals surface area (Å²) in [7, 11) is 0.803. The zero-order valence-corrected chi connectivity index (χ0v) is 66.2. The minimum Gasteiger partial charge on any atom is -0.465 e. The molecule has 616 valence electrons. The second-order valence-electron chi connectivity index (χ2n) is 25.8. The zero-order valence-electron chi connectivity index (χ0n) is 63.1. The molecule has 35 nitrogen and oxygen atoms in total. The van der Waals surface area contributed by atoms with Gasteiger partial charge >= 0.3 is 65.8 Å².